The summed E-state index contributed by atoms with van der Waals surface area (Å²) in [5.74, 6) is -0.380. The van der Waals surface area contributed by atoms with Crippen molar-refractivity contribution in [3.63, 3.8) is 0 Å². The van der Waals surface area contributed by atoms with Gasteiger partial charge in [0, 0.05) is 0 Å². The number of nitrogens with zero attached hydrogens (tertiary/aromatic N) is 3. The summed E-state index contributed by atoms with van der Waals surface area (Å²) in [6.45, 7) is 0. The molecule has 7 heteroatoms. The molecule has 2 heterocycles. The van der Waals surface area contributed by atoms with E-state index in [1.807, 2.05) is 0 Å². The van der Waals surface area contributed by atoms with Crippen molar-refractivity contribution in [2.75, 3.05) is 5.73 Å². The number of imidazole rings is 1. The Morgan fingerprint density at radius 3 is 3.00 bits per heavy atom. The van der Waals surface area contributed by atoms with E-state index in [0.29, 0.717) is 17.0 Å². The largest absolute Gasteiger partial charge is 0.481 e. The number of fused-ring (bicyclic) bond motifs is 1. The van der Waals surface area contributed by atoms with E-state index in [0.717, 1.165) is 0 Å². The molecule has 4 N–H and O–H groups in total. The van der Waals surface area contributed by atoms with Gasteiger partial charge in [-0.05, 0) is 0 Å². The van der Waals surface area contributed by atoms with Gasteiger partial charge in [-0.1, -0.05) is 0 Å². The summed E-state index contributed by atoms with van der Waals surface area (Å²) in [5, 5.41) is 8.53. The molecule has 0 fully saturated rings. The van der Waals surface area contributed by atoms with Gasteiger partial charge in [0.1, 0.15) is 24.1 Å². The molecule has 0 saturated carbocycles. The second kappa shape index (κ2) is 2.95. The van der Waals surface area contributed by atoms with Gasteiger partial charge in [0.2, 0.25) is 0 Å². The van der Waals surface area contributed by atoms with Crippen molar-refractivity contribution < 1.29 is 9.90 Å². The number of hydrogen-bond donors (Lipinski definition) is 3. The minimum Gasteiger partial charge on any atom is -0.481 e. The molecule has 0 atom stereocenters. The zero-order valence-electron chi connectivity index (χ0n) is 7.06. The van der Waals surface area contributed by atoms with Gasteiger partial charge in [0.25, 0.3) is 0 Å². The van der Waals surface area contributed by atoms with Crippen molar-refractivity contribution >= 4 is 23.0 Å². The summed E-state index contributed by atoms with van der Waals surface area (Å²) in [5.41, 5.74) is 6.39. The lowest BCUT2D eigenvalue weighted by Crippen LogP contribution is -2.01. The third-order valence-corrected chi connectivity index (χ3v) is 1.69. The maximum Gasteiger partial charge on any atom is 0.311 e. The number of rotatable bonds is 2. The Kier molecular flexibility index (Phi) is 1.77. The van der Waals surface area contributed by atoms with Crippen LogP contribution < -0.4 is 5.73 Å². The average Bonchev–Trinajstić information content (AvgIpc) is 2.47. The van der Waals surface area contributed by atoms with Crippen LogP contribution in [0.3, 0.4) is 0 Å². The molecule has 0 spiro atoms. The number of anilines is 1. The van der Waals surface area contributed by atoms with E-state index < -0.39 is 5.97 Å². The first-order valence-corrected chi connectivity index (χ1v) is 3.83. The first kappa shape index (κ1) is 8.42. The summed E-state index contributed by atoms with van der Waals surface area (Å²) < 4.78 is 0. The number of nitrogen functional groups attached to an aromatic ring is 1. The fourth-order valence-electron chi connectivity index (χ4n) is 1.12. The fraction of sp³-hybridized carbons (Fsp3) is 0.143. The average molecular weight is 193 g/mol. The third kappa shape index (κ3) is 1.35. The van der Waals surface area contributed by atoms with E-state index in [1.54, 1.807) is 0 Å². The summed E-state index contributed by atoms with van der Waals surface area (Å²) in [6.07, 6.45) is 1.10. The van der Waals surface area contributed by atoms with Crippen LogP contribution in [0.25, 0.3) is 11.2 Å². The first-order chi connectivity index (χ1) is 6.66. The summed E-state index contributed by atoms with van der Waals surface area (Å²) in [4.78, 5) is 24.7. The standard InChI is InChI=1S/C7H7N5O2/c8-6-5-7(10-2-9-6)12-3(11-5)1-4(13)14/h2H,1H2,(H,13,14)(H3,8,9,10,11,12). The number of nitrogens with two attached hydrogens (primary N) is 1. The van der Waals surface area contributed by atoms with Crippen molar-refractivity contribution in [1.82, 2.24) is 19.9 Å². The summed E-state index contributed by atoms with van der Waals surface area (Å²) >= 11 is 0. The molecule has 2 rings (SSSR count). The van der Waals surface area contributed by atoms with Crippen LogP contribution in [0.1, 0.15) is 5.82 Å². The molecule has 0 saturated heterocycles. The van der Waals surface area contributed by atoms with Crippen LogP contribution in [0.5, 0.6) is 0 Å². The number of carbonyl (C=O) groups is 1. The molecule has 0 aliphatic carbocycles. The number of nitrogens with one attached hydrogen (secondary N) is 1. The minimum atomic E-state index is -0.962. The van der Waals surface area contributed by atoms with E-state index in [2.05, 4.69) is 19.9 Å². The van der Waals surface area contributed by atoms with Crippen molar-refractivity contribution in [2.24, 2.45) is 0 Å². The summed E-state index contributed by atoms with van der Waals surface area (Å²) in [6, 6.07) is 0. The van der Waals surface area contributed by atoms with Gasteiger partial charge >= 0.3 is 5.97 Å². The van der Waals surface area contributed by atoms with Gasteiger partial charge in [0.15, 0.2) is 11.5 Å². The maximum absolute atomic E-state index is 10.4. The molecule has 0 aliphatic rings. The SMILES string of the molecule is Nc1ncnc2nc(CC(=O)O)[nH]c12. The maximum atomic E-state index is 10.4. The van der Waals surface area contributed by atoms with Crippen molar-refractivity contribution in [1.29, 1.82) is 0 Å². The van der Waals surface area contributed by atoms with Gasteiger partial charge in [-0.3, -0.25) is 4.79 Å². The lowest BCUT2D eigenvalue weighted by atomic mass is 10.4. The Bertz CT molecular complexity index is 492. The Labute approximate surface area is 78.0 Å². The molecule has 0 unspecified atom stereocenters. The highest BCUT2D eigenvalue weighted by Crippen LogP contribution is 2.13. The van der Waals surface area contributed by atoms with E-state index in [9.17, 15) is 4.79 Å². The number of aromatic amines is 1. The highest BCUT2D eigenvalue weighted by atomic mass is 16.4. The quantitative estimate of drug-likeness (QED) is 0.595. The van der Waals surface area contributed by atoms with E-state index in [-0.39, 0.29) is 12.2 Å². The molecule has 0 amide bonds. The first-order valence-electron chi connectivity index (χ1n) is 3.83. The lowest BCUT2D eigenvalue weighted by Gasteiger charge is -1.90. The molecule has 2 aromatic rings. The van der Waals surface area contributed by atoms with E-state index in [4.69, 9.17) is 10.8 Å². The Morgan fingerprint density at radius 1 is 1.57 bits per heavy atom. The molecule has 0 aromatic carbocycles. The topological polar surface area (TPSA) is 118 Å². The highest BCUT2D eigenvalue weighted by molar-refractivity contribution is 5.82. The highest BCUT2D eigenvalue weighted by Gasteiger charge is 2.09. The molecule has 0 aliphatic heterocycles. The zero-order valence-corrected chi connectivity index (χ0v) is 7.06. The smallest absolute Gasteiger partial charge is 0.311 e. The number of H-pyrrole nitrogens is 1. The molecule has 2 aromatic heterocycles. The normalized spacial score (nSPS) is 10.6. The van der Waals surface area contributed by atoms with Crippen LogP contribution in [0.15, 0.2) is 6.33 Å². The number of hydrogen-bond acceptors (Lipinski definition) is 5. The monoisotopic (exact) mass is 193 g/mol. The predicted octanol–water partition coefficient (Wildman–Crippen LogP) is -0.438. The van der Waals surface area contributed by atoms with E-state index in [1.165, 1.54) is 6.33 Å². The Balaban J connectivity index is 2.51. The molecule has 7 nitrogen and oxygen atoms in total. The van der Waals surface area contributed by atoms with Crippen LogP contribution in [0.2, 0.25) is 0 Å². The van der Waals surface area contributed by atoms with Crippen LogP contribution in [-0.4, -0.2) is 31.0 Å². The molecule has 0 radical (unpaired) electrons. The van der Waals surface area contributed by atoms with Crippen LogP contribution in [-0.2, 0) is 11.2 Å². The van der Waals surface area contributed by atoms with Gasteiger partial charge in [-0.15, -0.1) is 0 Å². The Morgan fingerprint density at radius 2 is 2.36 bits per heavy atom. The van der Waals surface area contributed by atoms with Gasteiger partial charge in [0.05, 0.1) is 0 Å². The van der Waals surface area contributed by atoms with Crippen molar-refractivity contribution in [3.05, 3.63) is 12.2 Å². The molecular formula is C7H7N5O2. The molecule has 14 heavy (non-hydrogen) atoms. The van der Waals surface area contributed by atoms with Crippen LogP contribution >= 0.6 is 0 Å². The zero-order chi connectivity index (χ0) is 10.1. The molecule has 72 valence electrons. The van der Waals surface area contributed by atoms with Crippen LogP contribution in [0, 0.1) is 0 Å². The fourth-order valence-corrected chi connectivity index (χ4v) is 1.12. The number of carboxylic acid groups (broad SMARTS) is 1. The van der Waals surface area contributed by atoms with Crippen molar-refractivity contribution in [2.45, 2.75) is 6.42 Å². The lowest BCUT2D eigenvalue weighted by molar-refractivity contribution is -0.136. The van der Waals surface area contributed by atoms with Gasteiger partial charge in [-0.2, -0.15) is 0 Å². The van der Waals surface area contributed by atoms with Gasteiger partial charge in [-0.25, -0.2) is 15.0 Å². The second-order valence-electron chi connectivity index (χ2n) is 2.71. The Hall–Kier alpha value is -2.18. The number of carboxylic acids is 1. The third-order valence-electron chi connectivity index (χ3n) is 1.69. The second-order valence-corrected chi connectivity index (χ2v) is 2.71. The van der Waals surface area contributed by atoms with E-state index >= 15 is 0 Å². The molecule has 0 bridgehead atoms. The molecular weight excluding hydrogens is 186 g/mol. The van der Waals surface area contributed by atoms with Gasteiger partial charge < -0.3 is 15.8 Å². The number of aromatic nitrogens is 4. The summed E-state index contributed by atoms with van der Waals surface area (Å²) in [7, 11) is 0. The van der Waals surface area contributed by atoms with Crippen molar-refractivity contribution in [3.8, 4) is 0 Å². The van der Waals surface area contributed by atoms with Crippen LogP contribution in [0.4, 0.5) is 5.82 Å². The number of aliphatic carboxylic acids is 1. The predicted molar refractivity (Wildman–Crippen MR) is 47.4 cm³/mol. The minimum absolute atomic E-state index is 0.185.